The van der Waals surface area contributed by atoms with Crippen LogP contribution in [0.3, 0.4) is 0 Å². The summed E-state index contributed by atoms with van der Waals surface area (Å²) in [5.41, 5.74) is 7.79. The van der Waals surface area contributed by atoms with Crippen molar-refractivity contribution in [3.8, 4) is 10.4 Å². The Morgan fingerprint density at radius 2 is 1.92 bits per heavy atom. The first-order valence-electron chi connectivity index (χ1n) is 3.87. The van der Waals surface area contributed by atoms with Crippen molar-refractivity contribution in [2.75, 3.05) is 5.73 Å². The van der Waals surface area contributed by atoms with Gasteiger partial charge in [-0.1, -0.05) is 18.2 Å². The average Bonchev–Trinajstić information content (AvgIpc) is 2.52. The van der Waals surface area contributed by atoms with Crippen molar-refractivity contribution in [1.29, 1.82) is 0 Å². The predicted molar refractivity (Wildman–Crippen MR) is 61.9 cm³/mol. The van der Waals surface area contributed by atoms with Crippen LogP contribution < -0.4 is 5.73 Å². The molecule has 0 fully saturated rings. The maximum Gasteiger partial charge on any atom is 0.0505 e. The van der Waals surface area contributed by atoms with E-state index in [9.17, 15) is 0 Å². The Balaban J connectivity index is 2.59. The highest BCUT2D eigenvalue weighted by Gasteiger charge is 2.06. The van der Waals surface area contributed by atoms with E-state index < -0.39 is 0 Å². The quantitative estimate of drug-likeness (QED) is 0.770. The van der Waals surface area contributed by atoms with Crippen LogP contribution in [-0.2, 0) is 0 Å². The summed E-state index contributed by atoms with van der Waals surface area (Å²) in [7, 11) is 0. The first-order valence-corrected chi connectivity index (χ1v) is 5.54. The van der Waals surface area contributed by atoms with Crippen LogP contribution in [0.5, 0.6) is 0 Å². The molecule has 2 rings (SSSR count). The van der Waals surface area contributed by atoms with Gasteiger partial charge >= 0.3 is 0 Å². The highest BCUT2D eigenvalue weighted by Crippen LogP contribution is 2.36. The van der Waals surface area contributed by atoms with Crippen molar-refractivity contribution >= 4 is 33.0 Å². The zero-order valence-corrected chi connectivity index (χ0v) is 9.23. The summed E-state index contributed by atoms with van der Waals surface area (Å²) in [6, 6.07) is 9.93. The summed E-state index contributed by atoms with van der Waals surface area (Å²) < 4.78 is 1.11. The van der Waals surface area contributed by atoms with Crippen molar-refractivity contribution in [3.63, 3.8) is 0 Å². The van der Waals surface area contributed by atoms with Gasteiger partial charge in [-0.05, 0) is 33.4 Å². The van der Waals surface area contributed by atoms with E-state index in [1.54, 1.807) is 11.3 Å². The molecule has 0 radical (unpaired) electrons. The summed E-state index contributed by atoms with van der Waals surface area (Å²) in [5, 5.41) is 2.05. The van der Waals surface area contributed by atoms with Crippen molar-refractivity contribution in [2.45, 2.75) is 0 Å². The van der Waals surface area contributed by atoms with E-state index in [4.69, 9.17) is 5.73 Å². The van der Waals surface area contributed by atoms with Gasteiger partial charge in [-0.15, -0.1) is 11.3 Å². The third-order valence-corrected chi connectivity index (χ3v) is 3.69. The van der Waals surface area contributed by atoms with Gasteiger partial charge in [0.1, 0.15) is 0 Å². The molecule has 2 aromatic rings. The molecule has 0 bridgehead atoms. The Labute approximate surface area is 89.3 Å². The zero-order chi connectivity index (χ0) is 9.26. The third kappa shape index (κ3) is 1.62. The van der Waals surface area contributed by atoms with Gasteiger partial charge < -0.3 is 5.73 Å². The number of thiophene rings is 1. The van der Waals surface area contributed by atoms with Crippen molar-refractivity contribution in [3.05, 3.63) is 40.2 Å². The second kappa shape index (κ2) is 3.52. The molecule has 13 heavy (non-hydrogen) atoms. The first-order chi connectivity index (χ1) is 6.29. The van der Waals surface area contributed by atoms with Crippen LogP contribution in [0.25, 0.3) is 10.4 Å². The summed E-state index contributed by atoms with van der Waals surface area (Å²) in [4.78, 5) is 1.19. The Kier molecular flexibility index (Phi) is 2.38. The maximum absolute atomic E-state index is 5.87. The fourth-order valence-electron chi connectivity index (χ4n) is 1.19. The highest BCUT2D eigenvalue weighted by molar-refractivity contribution is 9.10. The number of nitrogens with two attached hydrogens (primary N) is 1. The average molecular weight is 254 g/mol. The Bertz CT molecular complexity index is 422. The molecule has 0 saturated heterocycles. The van der Waals surface area contributed by atoms with Crippen LogP contribution >= 0.6 is 27.3 Å². The number of para-hydroxylation sites is 1. The fraction of sp³-hybridized carbons (Fsp3) is 0. The molecule has 0 aliphatic heterocycles. The van der Waals surface area contributed by atoms with Gasteiger partial charge in [0.25, 0.3) is 0 Å². The number of halogens is 1. The molecule has 0 amide bonds. The minimum atomic E-state index is 0.825. The lowest BCUT2D eigenvalue weighted by atomic mass is 10.1. The molecule has 2 N–H and O–H groups in total. The van der Waals surface area contributed by atoms with Crippen LogP contribution in [0.2, 0.25) is 0 Å². The van der Waals surface area contributed by atoms with Gasteiger partial charge in [0, 0.05) is 15.7 Å². The van der Waals surface area contributed by atoms with Crippen LogP contribution in [0.15, 0.2) is 40.2 Å². The van der Waals surface area contributed by atoms with Crippen molar-refractivity contribution in [2.24, 2.45) is 0 Å². The predicted octanol–water partition coefficient (Wildman–Crippen LogP) is 3.76. The number of anilines is 1. The molecule has 0 unspecified atom stereocenters. The van der Waals surface area contributed by atoms with Crippen molar-refractivity contribution < 1.29 is 0 Å². The summed E-state index contributed by atoms with van der Waals surface area (Å²) >= 11 is 5.18. The Hall–Kier alpha value is -0.800. The highest BCUT2D eigenvalue weighted by atomic mass is 79.9. The molecular formula is C10H8BrNS. The number of hydrogen-bond donors (Lipinski definition) is 1. The minimum Gasteiger partial charge on any atom is -0.398 e. The molecule has 66 valence electrons. The van der Waals surface area contributed by atoms with Gasteiger partial charge in [-0.3, -0.25) is 0 Å². The first kappa shape index (κ1) is 8.78. The Morgan fingerprint density at radius 1 is 1.15 bits per heavy atom. The van der Waals surface area contributed by atoms with E-state index in [0.29, 0.717) is 0 Å². The minimum absolute atomic E-state index is 0.825. The van der Waals surface area contributed by atoms with E-state index >= 15 is 0 Å². The van der Waals surface area contributed by atoms with E-state index in [0.717, 1.165) is 15.7 Å². The molecule has 1 heterocycles. The maximum atomic E-state index is 5.87. The molecule has 1 aromatic heterocycles. The largest absolute Gasteiger partial charge is 0.398 e. The molecule has 1 nitrogen and oxygen atoms in total. The summed E-state index contributed by atoms with van der Waals surface area (Å²) in [5.74, 6) is 0. The van der Waals surface area contributed by atoms with Crippen LogP contribution in [0, 0.1) is 0 Å². The van der Waals surface area contributed by atoms with Gasteiger partial charge in [-0.2, -0.15) is 0 Å². The van der Waals surface area contributed by atoms with E-state index in [-0.39, 0.29) is 0 Å². The molecule has 0 aliphatic rings. The van der Waals surface area contributed by atoms with E-state index in [1.807, 2.05) is 35.7 Å². The van der Waals surface area contributed by atoms with Crippen molar-refractivity contribution in [1.82, 2.24) is 0 Å². The summed E-state index contributed by atoms with van der Waals surface area (Å²) in [6.45, 7) is 0. The van der Waals surface area contributed by atoms with Gasteiger partial charge in [0.05, 0.1) is 4.88 Å². The van der Waals surface area contributed by atoms with Gasteiger partial charge in [0.15, 0.2) is 0 Å². The number of benzene rings is 1. The molecule has 3 heteroatoms. The lowest BCUT2D eigenvalue weighted by molar-refractivity contribution is 1.66. The normalized spacial score (nSPS) is 10.2. The molecule has 0 saturated carbocycles. The molecular weight excluding hydrogens is 246 g/mol. The number of nitrogen functional groups attached to an aromatic ring is 1. The standard InChI is InChI=1S/C10H8BrNS/c11-8-5-6-13-10(8)7-3-1-2-4-9(7)12/h1-6H,12H2. The van der Waals surface area contributed by atoms with Crippen LogP contribution in [0.1, 0.15) is 0 Å². The monoisotopic (exact) mass is 253 g/mol. The molecule has 0 aliphatic carbocycles. The molecule has 0 atom stereocenters. The van der Waals surface area contributed by atoms with Crippen LogP contribution in [-0.4, -0.2) is 0 Å². The van der Waals surface area contributed by atoms with E-state index in [1.165, 1.54) is 4.88 Å². The SMILES string of the molecule is Nc1ccccc1-c1sccc1Br. The van der Waals surface area contributed by atoms with Gasteiger partial charge in [-0.25, -0.2) is 0 Å². The Morgan fingerprint density at radius 3 is 2.54 bits per heavy atom. The molecule has 0 spiro atoms. The fourth-order valence-corrected chi connectivity index (χ4v) is 2.82. The lowest BCUT2D eigenvalue weighted by Gasteiger charge is -2.02. The summed E-state index contributed by atoms with van der Waals surface area (Å²) in [6.07, 6.45) is 0. The lowest BCUT2D eigenvalue weighted by Crippen LogP contribution is -1.87. The second-order valence-electron chi connectivity index (χ2n) is 2.68. The van der Waals surface area contributed by atoms with Gasteiger partial charge in [0.2, 0.25) is 0 Å². The molecule has 1 aromatic carbocycles. The van der Waals surface area contributed by atoms with Crippen LogP contribution in [0.4, 0.5) is 5.69 Å². The number of hydrogen-bond acceptors (Lipinski definition) is 2. The second-order valence-corrected chi connectivity index (χ2v) is 4.46. The van der Waals surface area contributed by atoms with E-state index in [2.05, 4.69) is 15.9 Å². The zero-order valence-electron chi connectivity index (χ0n) is 6.83. The number of rotatable bonds is 1. The topological polar surface area (TPSA) is 26.0 Å². The third-order valence-electron chi connectivity index (χ3n) is 1.82. The smallest absolute Gasteiger partial charge is 0.0505 e.